The molecule has 0 atom stereocenters. The van der Waals surface area contributed by atoms with Crippen molar-refractivity contribution in [2.24, 2.45) is 5.92 Å². The molecule has 5 heteroatoms. The van der Waals surface area contributed by atoms with Gasteiger partial charge in [-0.2, -0.15) is 0 Å². The molecule has 0 saturated heterocycles. The predicted octanol–water partition coefficient (Wildman–Crippen LogP) is 3.52. The van der Waals surface area contributed by atoms with Crippen LogP contribution in [0.1, 0.15) is 65.7 Å². The Kier molecular flexibility index (Phi) is 10.6. The first-order valence-corrected chi connectivity index (χ1v) is 10.8. The van der Waals surface area contributed by atoms with Crippen molar-refractivity contribution in [1.82, 2.24) is 5.32 Å². The van der Waals surface area contributed by atoms with Gasteiger partial charge in [0, 0.05) is 19.8 Å². The Balaban J connectivity index is 2.21. The van der Waals surface area contributed by atoms with Gasteiger partial charge in [0.05, 0.1) is 6.17 Å². The van der Waals surface area contributed by atoms with Gasteiger partial charge in [-0.15, -0.1) is 0 Å². The van der Waals surface area contributed by atoms with Crippen molar-refractivity contribution in [2.45, 2.75) is 65.7 Å². The maximum atomic E-state index is 5.84. The van der Waals surface area contributed by atoms with Gasteiger partial charge in [0.15, 0.2) is 0 Å². The van der Waals surface area contributed by atoms with Gasteiger partial charge < -0.3 is 18.6 Å². The lowest BCUT2D eigenvalue weighted by molar-refractivity contribution is 0.0701. The van der Waals surface area contributed by atoms with E-state index >= 15 is 0 Å². The van der Waals surface area contributed by atoms with Crippen LogP contribution in [0.15, 0.2) is 0 Å². The minimum Gasteiger partial charge on any atom is -0.373 e. The summed E-state index contributed by atoms with van der Waals surface area (Å²) < 4.78 is 17.5. The average Bonchev–Trinajstić information content (AvgIpc) is 2.49. The molecule has 0 aromatic rings. The molecule has 21 heavy (non-hydrogen) atoms. The zero-order valence-corrected chi connectivity index (χ0v) is 15.3. The number of hydrogen-bond donors (Lipinski definition) is 1. The third-order valence-electron chi connectivity index (χ3n) is 4.12. The zero-order valence-electron chi connectivity index (χ0n) is 14.3. The quantitative estimate of drug-likeness (QED) is 0.441. The second kappa shape index (κ2) is 11.6. The molecule has 0 unspecified atom stereocenters. The van der Waals surface area contributed by atoms with E-state index in [1.807, 2.05) is 20.8 Å². The highest BCUT2D eigenvalue weighted by molar-refractivity contribution is 6.60. The maximum Gasteiger partial charge on any atom is 0.515 e. The van der Waals surface area contributed by atoms with Gasteiger partial charge in [0.2, 0.25) is 0 Å². The summed E-state index contributed by atoms with van der Waals surface area (Å²) in [5.41, 5.74) is 0. The summed E-state index contributed by atoms with van der Waals surface area (Å²) >= 11 is 0. The third kappa shape index (κ3) is 7.75. The Labute approximate surface area is 132 Å². The topological polar surface area (TPSA) is 39.7 Å². The van der Waals surface area contributed by atoms with E-state index in [9.17, 15) is 0 Å². The summed E-state index contributed by atoms with van der Waals surface area (Å²) in [4.78, 5) is 0. The Bertz CT molecular complexity index is 231. The van der Waals surface area contributed by atoms with Crippen molar-refractivity contribution in [1.29, 1.82) is 0 Å². The van der Waals surface area contributed by atoms with Gasteiger partial charge in [-0.25, -0.2) is 0 Å². The average molecular weight is 318 g/mol. The van der Waals surface area contributed by atoms with Gasteiger partial charge in [0.25, 0.3) is 0 Å². The number of nitrogens with one attached hydrogen (secondary N) is 1. The summed E-state index contributed by atoms with van der Waals surface area (Å²) in [5, 5.41) is 3.51. The highest BCUT2D eigenvalue weighted by Gasteiger charge is 2.39. The molecule has 1 aliphatic rings. The smallest absolute Gasteiger partial charge is 0.373 e. The lowest BCUT2D eigenvalue weighted by atomic mass is 9.86. The van der Waals surface area contributed by atoms with Crippen LogP contribution in [0, 0.1) is 5.92 Å². The summed E-state index contributed by atoms with van der Waals surface area (Å²) in [6.45, 7) is 9.00. The molecular formula is C16H35NO3Si. The molecule has 0 spiro atoms. The van der Waals surface area contributed by atoms with Crippen LogP contribution in [-0.4, -0.2) is 41.3 Å². The molecule has 1 aliphatic carbocycles. The van der Waals surface area contributed by atoms with Gasteiger partial charge in [-0.1, -0.05) is 32.1 Å². The first kappa shape index (κ1) is 19.1. The van der Waals surface area contributed by atoms with E-state index in [1.165, 1.54) is 44.9 Å². The second-order valence-electron chi connectivity index (χ2n) is 5.81. The molecule has 4 nitrogen and oxygen atoms in total. The monoisotopic (exact) mass is 317 g/mol. The SMILES string of the molecule is CCO[Si](CNCCCC1CCCCC1)(OCC)OCC. The van der Waals surface area contributed by atoms with E-state index in [0.717, 1.165) is 18.6 Å². The van der Waals surface area contributed by atoms with Crippen molar-refractivity contribution in [2.75, 3.05) is 32.5 Å². The zero-order chi connectivity index (χ0) is 15.4. The molecule has 1 fully saturated rings. The molecule has 0 radical (unpaired) electrons. The molecule has 0 aromatic carbocycles. The molecule has 0 amide bonds. The van der Waals surface area contributed by atoms with Gasteiger partial charge in [0.1, 0.15) is 0 Å². The highest BCUT2D eigenvalue weighted by Crippen LogP contribution is 2.26. The molecular weight excluding hydrogens is 282 g/mol. The minimum atomic E-state index is -2.50. The molecule has 0 aromatic heterocycles. The third-order valence-corrected chi connectivity index (χ3v) is 6.99. The summed E-state index contributed by atoms with van der Waals surface area (Å²) in [6, 6.07) is 0. The molecule has 0 aliphatic heterocycles. The Hall–Kier alpha value is 0.0569. The first-order chi connectivity index (χ1) is 10.3. The molecule has 0 heterocycles. The Morgan fingerprint density at radius 2 is 1.48 bits per heavy atom. The Morgan fingerprint density at radius 1 is 0.905 bits per heavy atom. The van der Waals surface area contributed by atoms with Crippen LogP contribution in [0.5, 0.6) is 0 Å². The summed E-state index contributed by atoms with van der Waals surface area (Å²) in [6.07, 6.45) is 10.5. The molecule has 1 saturated carbocycles. The number of hydrogen-bond acceptors (Lipinski definition) is 4. The normalized spacial score (nSPS) is 17.3. The largest absolute Gasteiger partial charge is 0.515 e. The van der Waals surface area contributed by atoms with Crippen LogP contribution >= 0.6 is 0 Å². The number of rotatable bonds is 12. The Morgan fingerprint density at radius 3 is 2.00 bits per heavy atom. The van der Waals surface area contributed by atoms with Crippen LogP contribution in [0.2, 0.25) is 0 Å². The molecule has 1 N–H and O–H groups in total. The lowest BCUT2D eigenvalue weighted by Crippen LogP contribution is -2.54. The standard InChI is InChI=1S/C16H35NO3Si/c1-4-18-21(19-5-2,20-6-3)15-17-14-10-13-16-11-8-7-9-12-16/h16-17H,4-15H2,1-3H3. The van der Waals surface area contributed by atoms with Crippen LogP contribution in [0.3, 0.4) is 0 Å². The van der Waals surface area contributed by atoms with E-state index in [1.54, 1.807) is 0 Å². The van der Waals surface area contributed by atoms with E-state index in [2.05, 4.69) is 5.32 Å². The molecule has 1 rings (SSSR count). The van der Waals surface area contributed by atoms with Crippen molar-refractivity contribution >= 4 is 8.80 Å². The van der Waals surface area contributed by atoms with E-state index in [0.29, 0.717) is 19.8 Å². The summed E-state index contributed by atoms with van der Waals surface area (Å²) in [5.74, 6) is 0.966. The van der Waals surface area contributed by atoms with E-state index in [-0.39, 0.29) is 0 Å². The van der Waals surface area contributed by atoms with Crippen LogP contribution in [0.25, 0.3) is 0 Å². The lowest BCUT2D eigenvalue weighted by Gasteiger charge is -2.28. The van der Waals surface area contributed by atoms with Crippen molar-refractivity contribution in [3.05, 3.63) is 0 Å². The first-order valence-electron chi connectivity index (χ1n) is 8.89. The fourth-order valence-electron chi connectivity index (χ4n) is 3.17. The van der Waals surface area contributed by atoms with Crippen LogP contribution < -0.4 is 5.32 Å². The van der Waals surface area contributed by atoms with Gasteiger partial charge in [-0.05, 0) is 46.1 Å². The molecule has 0 bridgehead atoms. The van der Waals surface area contributed by atoms with E-state index < -0.39 is 8.80 Å². The summed E-state index contributed by atoms with van der Waals surface area (Å²) in [7, 11) is -2.50. The fraction of sp³-hybridized carbons (Fsp3) is 1.00. The van der Waals surface area contributed by atoms with Crippen molar-refractivity contribution in [3.8, 4) is 0 Å². The molecule has 126 valence electrons. The minimum absolute atomic E-state index is 0.649. The van der Waals surface area contributed by atoms with Crippen LogP contribution in [-0.2, 0) is 13.3 Å². The van der Waals surface area contributed by atoms with Gasteiger partial charge in [-0.3, -0.25) is 0 Å². The van der Waals surface area contributed by atoms with Crippen molar-refractivity contribution in [3.63, 3.8) is 0 Å². The second-order valence-corrected chi connectivity index (χ2v) is 8.39. The maximum absolute atomic E-state index is 5.84. The highest BCUT2D eigenvalue weighted by atomic mass is 28.4. The van der Waals surface area contributed by atoms with Crippen LogP contribution in [0.4, 0.5) is 0 Å². The van der Waals surface area contributed by atoms with E-state index in [4.69, 9.17) is 13.3 Å². The van der Waals surface area contributed by atoms with Gasteiger partial charge >= 0.3 is 8.80 Å². The predicted molar refractivity (Wildman–Crippen MR) is 89.3 cm³/mol. The van der Waals surface area contributed by atoms with Crippen molar-refractivity contribution < 1.29 is 13.3 Å². The fourth-order valence-corrected chi connectivity index (χ4v) is 5.53.